The smallest absolute Gasteiger partial charge is 0.119 e. The first kappa shape index (κ1) is 12.1. The highest BCUT2D eigenvalue weighted by Gasteiger charge is 2.13. The third kappa shape index (κ3) is 4.87. The van der Waals surface area contributed by atoms with Crippen LogP contribution < -0.4 is 5.32 Å². The van der Waals surface area contributed by atoms with Gasteiger partial charge in [0.1, 0.15) is 18.8 Å². The number of aromatic nitrogens is 1. The Bertz CT molecular complexity index is 435. The number of hydrogen-bond donors (Lipinski definition) is 1. The molecule has 0 atom stereocenters. The minimum atomic E-state index is -3.92. The highest BCUT2D eigenvalue weighted by atomic mass is 32.2. The predicted octanol–water partition coefficient (Wildman–Crippen LogP) is -0.872. The molecule has 2 N–H and O–H groups in total. The summed E-state index contributed by atoms with van der Waals surface area (Å²) >= 11 is 0. The normalized spacial score (nSPS) is 14.1. The first-order valence-corrected chi connectivity index (χ1v) is 6.35. The molecule has 2 heterocycles. The maximum absolute atomic E-state index is 9.08. The lowest BCUT2D eigenvalue weighted by atomic mass is 10.2. The van der Waals surface area contributed by atoms with E-state index in [-0.39, 0.29) is 0 Å². The molecule has 0 radical (unpaired) electrons. The van der Waals surface area contributed by atoms with Gasteiger partial charge >= 0.3 is 0 Å². The second-order valence-electron chi connectivity index (χ2n) is 3.52. The van der Waals surface area contributed by atoms with Gasteiger partial charge in [-0.25, -0.2) is 8.42 Å². The second-order valence-corrected chi connectivity index (χ2v) is 4.93. The SMILES string of the molecule is CS(=O)(=O)[O-].Cc1cnc2c(c1)C[NH2+]C2. The van der Waals surface area contributed by atoms with Crippen LogP contribution in [-0.4, -0.2) is 24.2 Å². The molecule has 0 aliphatic carbocycles. The van der Waals surface area contributed by atoms with Crippen molar-refractivity contribution >= 4 is 10.1 Å². The van der Waals surface area contributed by atoms with Gasteiger partial charge in [0.15, 0.2) is 0 Å². The van der Waals surface area contributed by atoms with Crippen LogP contribution in [0.2, 0.25) is 0 Å². The Hall–Kier alpha value is -0.980. The van der Waals surface area contributed by atoms with Crippen LogP contribution in [0.25, 0.3) is 0 Å². The standard InChI is InChI=1S/C8H10N2.CH4O3S/c1-6-2-7-4-9-5-8(7)10-3-6;1-5(2,3)4/h2-3,9H,4-5H2,1H3;1H3,(H,2,3,4). The lowest BCUT2D eigenvalue weighted by Gasteiger charge is -1.93. The lowest BCUT2D eigenvalue weighted by molar-refractivity contribution is -0.676. The van der Waals surface area contributed by atoms with E-state index in [9.17, 15) is 0 Å². The highest BCUT2D eigenvalue weighted by molar-refractivity contribution is 7.84. The zero-order valence-electron chi connectivity index (χ0n) is 8.73. The molecule has 5 nitrogen and oxygen atoms in total. The van der Waals surface area contributed by atoms with Crippen LogP contribution in [0.15, 0.2) is 12.3 Å². The molecular formula is C9H14N2O3S. The van der Waals surface area contributed by atoms with Gasteiger partial charge in [-0.2, -0.15) is 0 Å². The fourth-order valence-corrected chi connectivity index (χ4v) is 1.38. The summed E-state index contributed by atoms with van der Waals surface area (Å²) in [6.07, 6.45) is 2.55. The number of hydrogen-bond acceptors (Lipinski definition) is 4. The van der Waals surface area contributed by atoms with Gasteiger partial charge in [0, 0.05) is 18.0 Å². The number of aryl methyl sites for hydroxylation is 1. The van der Waals surface area contributed by atoms with E-state index < -0.39 is 10.1 Å². The maximum atomic E-state index is 9.08. The van der Waals surface area contributed by atoms with Gasteiger partial charge in [0.05, 0.1) is 10.1 Å². The molecule has 0 aromatic carbocycles. The first-order chi connectivity index (χ1) is 6.86. The molecule has 0 amide bonds. The van der Waals surface area contributed by atoms with Crippen LogP contribution in [-0.2, 0) is 23.2 Å². The van der Waals surface area contributed by atoms with Gasteiger partial charge in [0.25, 0.3) is 0 Å². The van der Waals surface area contributed by atoms with Crippen LogP contribution in [0.4, 0.5) is 0 Å². The van der Waals surface area contributed by atoms with E-state index in [0.717, 1.165) is 13.1 Å². The summed E-state index contributed by atoms with van der Waals surface area (Å²) in [7, 11) is -3.92. The summed E-state index contributed by atoms with van der Waals surface area (Å²) in [6, 6.07) is 2.23. The third-order valence-electron chi connectivity index (χ3n) is 1.90. The van der Waals surface area contributed by atoms with Crippen LogP contribution in [0.5, 0.6) is 0 Å². The zero-order chi connectivity index (χ0) is 11.5. The second kappa shape index (κ2) is 4.69. The van der Waals surface area contributed by atoms with E-state index in [1.54, 1.807) is 0 Å². The average Bonchev–Trinajstić information content (AvgIpc) is 2.47. The van der Waals surface area contributed by atoms with Crippen molar-refractivity contribution < 1.29 is 18.3 Å². The summed E-state index contributed by atoms with van der Waals surface area (Å²) < 4.78 is 27.2. The van der Waals surface area contributed by atoms with Gasteiger partial charge < -0.3 is 9.87 Å². The van der Waals surface area contributed by atoms with Gasteiger partial charge in [-0.1, -0.05) is 0 Å². The number of nitrogens with two attached hydrogens (primary N) is 1. The predicted molar refractivity (Wildman–Crippen MR) is 53.9 cm³/mol. The van der Waals surface area contributed by atoms with Crippen molar-refractivity contribution in [3.63, 3.8) is 0 Å². The topological polar surface area (TPSA) is 86.7 Å². The molecule has 1 aromatic heterocycles. The molecule has 2 rings (SSSR count). The zero-order valence-corrected chi connectivity index (χ0v) is 9.54. The van der Waals surface area contributed by atoms with E-state index in [4.69, 9.17) is 13.0 Å². The Morgan fingerprint density at radius 3 is 2.67 bits per heavy atom. The number of nitrogens with zero attached hydrogens (tertiary/aromatic N) is 1. The van der Waals surface area contributed by atoms with E-state index in [2.05, 4.69) is 23.3 Å². The van der Waals surface area contributed by atoms with Crippen molar-refractivity contribution in [2.24, 2.45) is 0 Å². The van der Waals surface area contributed by atoms with Crippen LogP contribution in [0, 0.1) is 6.92 Å². The quantitative estimate of drug-likeness (QED) is 0.587. The van der Waals surface area contributed by atoms with Gasteiger partial charge in [0.2, 0.25) is 0 Å². The highest BCUT2D eigenvalue weighted by Crippen LogP contribution is 2.08. The van der Waals surface area contributed by atoms with Crippen molar-refractivity contribution in [1.82, 2.24) is 4.98 Å². The number of quaternary nitrogens is 1. The Morgan fingerprint density at radius 1 is 1.47 bits per heavy atom. The molecule has 0 saturated carbocycles. The molecule has 0 bridgehead atoms. The fourth-order valence-electron chi connectivity index (χ4n) is 1.38. The molecule has 0 fully saturated rings. The van der Waals surface area contributed by atoms with Gasteiger partial charge in [-0.15, -0.1) is 0 Å². The summed E-state index contributed by atoms with van der Waals surface area (Å²) in [5.41, 5.74) is 3.96. The summed E-state index contributed by atoms with van der Waals surface area (Å²) in [5.74, 6) is 0. The molecule has 1 aliphatic rings. The van der Waals surface area contributed by atoms with E-state index in [1.165, 1.54) is 16.8 Å². The van der Waals surface area contributed by atoms with Crippen molar-refractivity contribution in [1.29, 1.82) is 0 Å². The van der Waals surface area contributed by atoms with Crippen molar-refractivity contribution in [2.45, 2.75) is 20.0 Å². The third-order valence-corrected chi connectivity index (χ3v) is 1.90. The number of pyridine rings is 1. The fraction of sp³-hybridized carbons (Fsp3) is 0.444. The lowest BCUT2D eigenvalue weighted by Crippen LogP contribution is -2.77. The van der Waals surface area contributed by atoms with Crippen molar-refractivity contribution in [2.75, 3.05) is 6.26 Å². The summed E-state index contributed by atoms with van der Waals surface area (Å²) in [4.78, 5) is 4.33. The molecule has 0 unspecified atom stereocenters. The molecule has 15 heavy (non-hydrogen) atoms. The Kier molecular flexibility index (Phi) is 3.78. The van der Waals surface area contributed by atoms with Gasteiger partial charge in [-0.3, -0.25) is 4.98 Å². The van der Waals surface area contributed by atoms with Crippen LogP contribution in [0.3, 0.4) is 0 Å². The monoisotopic (exact) mass is 230 g/mol. The molecule has 1 aromatic rings. The van der Waals surface area contributed by atoms with Crippen LogP contribution >= 0.6 is 0 Å². The average molecular weight is 230 g/mol. The minimum Gasteiger partial charge on any atom is -0.748 e. The molecule has 84 valence electrons. The Balaban J connectivity index is 0.000000195. The molecule has 1 aliphatic heterocycles. The maximum Gasteiger partial charge on any atom is 0.119 e. The van der Waals surface area contributed by atoms with Crippen molar-refractivity contribution in [3.05, 3.63) is 29.1 Å². The first-order valence-electron chi connectivity index (χ1n) is 4.53. The Morgan fingerprint density at radius 2 is 2.07 bits per heavy atom. The molecule has 6 heteroatoms. The van der Waals surface area contributed by atoms with E-state index >= 15 is 0 Å². The van der Waals surface area contributed by atoms with Crippen LogP contribution in [0.1, 0.15) is 16.8 Å². The molecular weight excluding hydrogens is 216 g/mol. The summed E-state index contributed by atoms with van der Waals surface area (Å²) in [6.45, 7) is 4.27. The Labute approximate surface area is 89.3 Å². The number of fused-ring (bicyclic) bond motifs is 1. The molecule has 0 spiro atoms. The van der Waals surface area contributed by atoms with Crippen molar-refractivity contribution in [3.8, 4) is 0 Å². The minimum absolute atomic E-state index is 0.604. The van der Waals surface area contributed by atoms with E-state index in [0.29, 0.717) is 6.26 Å². The van der Waals surface area contributed by atoms with Gasteiger partial charge in [-0.05, 0) is 18.6 Å². The molecule has 0 saturated heterocycles. The summed E-state index contributed by atoms with van der Waals surface area (Å²) in [5, 5.41) is 2.27. The van der Waals surface area contributed by atoms with E-state index in [1.807, 2.05) is 6.20 Å². The largest absolute Gasteiger partial charge is 0.748 e. The number of rotatable bonds is 0.